The summed E-state index contributed by atoms with van der Waals surface area (Å²) in [6.07, 6.45) is -0.310. The van der Waals surface area contributed by atoms with E-state index in [0.717, 1.165) is 16.8 Å². The van der Waals surface area contributed by atoms with Crippen LogP contribution in [0, 0.1) is 0 Å². The molecule has 0 amide bonds. The van der Waals surface area contributed by atoms with E-state index < -0.39 is 24.1 Å². The first-order valence-electron chi connectivity index (χ1n) is 3.27. The van der Waals surface area contributed by atoms with Crippen molar-refractivity contribution in [2.75, 3.05) is 0 Å². The van der Waals surface area contributed by atoms with Crippen LogP contribution in [0.1, 0.15) is 0 Å². The molecule has 0 aliphatic rings. The largest absolute Gasteiger partial charge is 0.503 e. The third kappa shape index (κ3) is 2.05. The van der Waals surface area contributed by atoms with Gasteiger partial charge < -0.3 is 9.67 Å². The van der Waals surface area contributed by atoms with Crippen molar-refractivity contribution in [3.63, 3.8) is 0 Å². The monoisotopic (exact) mass is 175 g/mol. The van der Waals surface area contributed by atoms with Crippen molar-refractivity contribution in [1.29, 1.82) is 0 Å². The van der Waals surface area contributed by atoms with Crippen molar-refractivity contribution < 1.29 is 13.9 Å². The van der Waals surface area contributed by atoms with E-state index in [1.165, 1.54) is 6.20 Å². The summed E-state index contributed by atoms with van der Waals surface area (Å²) in [4.78, 5) is 10.6. The number of hydrogen-bond donors (Lipinski definition) is 1. The average molecular weight is 175 g/mol. The molecule has 5 heteroatoms. The zero-order valence-electron chi connectivity index (χ0n) is 6.08. The Morgan fingerprint density at radius 2 is 2.25 bits per heavy atom. The fourth-order valence-electron chi connectivity index (χ4n) is 0.785. The molecule has 0 bridgehead atoms. The number of pyridine rings is 1. The molecule has 1 N–H and O–H groups in total. The summed E-state index contributed by atoms with van der Waals surface area (Å²) < 4.78 is 24.6. The zero-order valence-corrected chi connectivity index (χ0v) is 6.08. The molecule has 0 saturated heterocycles. The molecule has 0 unspecified atom stereocenters. The molecule has 0 aliphatic carbocycles. The molecule has 1 aromatic rings. The van der Waals surface area contributed by atoms with Crippen molar-refractivity contribution >= 4 is 0 Å². The quantitative estimate of drug-likeness (QED) is 0.723. The van der Waals surface area contributed by atoms with Gasteiger partial charge in [0.15, 0.2) is 5.75 Å². The second-order valence-electron chi connectivity index (χ2n) is 2.28. The molecule has 0 spiro atoms. The van der Waals surface area contributed by atoms with Crippen LogP contribution in [0.5, 0.6) is 5.75 Å². The van der Waals surface area contributed by atoms with Crippen LogP contribution < -0.4 is 5.43 Å². The average Bonchev–Trinajstić information content (AvgIpc) is 1.96. The van der Waals surface area contributed by atoms with Gasteiger partial charge in [0.25, 0.3) is 6.43 Å². The Balaban J connectivity index is 2.90. The molecule has 12 heavy (non-hydrogen) atoms. The van der Waals surface area contributed by atoms with Crippen molar-refractivity contribution in [3.8, 4) is 5.75 Å². The fourth-order valence-corrected chi connectivity index (χ4v) is 0.785. The number of aromatic nitrogens is 1. The second kappa shape index (κ2) is 3.34. The van der Waals surface area contributed by atoms with Gasteiger partial charge in [0.2, 0.25) is 5.43 Å². The van der Waals surface area contributed by atoms with Crippen LogP contribution in [0.25, 0.3) is 0 Å². The molecule has 0 aliphatic heterocycles. The normalized spacial score (nSPS) is 10.6. The molecule has 1 rings (SSSR count). The minimum absolute atomic E-state index is 0.516. The van der Waals surface area contributed by atoms with E-state index >= 15 is 0 Å². The molecule has 1 aromatic heterocycles. The number of nitrogens with zero attached hydrogens (tertiary/aromatic N) is 1. The van der Waals surface area contributed by atoms with Crippen molar-refractivity contribution in [2.24, 2.45) is 0 Å². The highest BCUT2D eigenvalue weighted by molar-refractivity contribution is 5.14. The molecule has 0 aromatic carbocycles. The number of alkyl halides is 2. The minimum atomic E-state index is -2.49. The van der Waals surface area contributed by atoms with Crippen LogP contribution in [0.3, 0.4) is 0 Å². The molecule has 0 fully saturated rings. The van der Waals surface area contributed by atoms with E-state index in [1.54, 1.807) is 0 Å². The lowest BCUT2D eigenvalue weighted by atomic mass is 10.4. The lowest BCUT2D eigenvalue weighted by Gasteiger charge is -2.04. The lowest BCUT2D eigenvalue weighted by Crippen LogP contribution is -2.09. The predicted octanol–water partition coefficient (Wildman–Crippen LogP) is 0.819. The highest BCUT2D eigenvalue weighted by Gasteiger charge is 2.03. The SMILES string of the molecule is O=c1ccn(CC(F)F)cc1O. The van der Waals surface area contributed by atoms with Crippen molar-refractivity contribution in [1.82, 2.24) is 4.57 Å². The highest BCUT2D eigenvalue weighted by Crippen LogP contribution is 2.02. The Hall–Kier alpha value is -1.39. The molecular formula is C7H7F2NO2. The Bertz CT molecular complexity index is 321. The first-order chi connectivity index (χ1) is 5.59. The molecular weight excluding hydrogens is 168 g/mol. The summed E-state index contributed by atoms with van der Waals surface area (Å²) >= 11 is 0. The Morgan fingerprint density at radius 1 is 1.58 bits per heavy atom. The van der Waals surface area contributed by atoms with Gasteiger partial charge in [-0.2, -0.15) is 0 Å². The summed E-state index contributed by atoms with van der Waals surface area (Å²) in [5.41, 5.74) is -0.569. The third-order valence-corrected chi connectivity index (χ3v) is 1.31. The predicted molar refractivity (Wildman–Crippen MR) is 38.4 cm³/mol. The maximum absolute atomic E-state index is 11.8. The van der Waals surface area contributed by atoms with E-state index in [0.29, 0.717) is 0 Å². The van der Waals surface area contributed by atoms with Crippen molar-refractivity contribution in [3.05, 3.63) is 28.7 Å². The van der Waals surface area contributed by atoms with Gasteiger partial charge in [0, 0.05) is 18.5 Å². The van der Waals surface area contributed by atoms with Crippen LogP contribution in [-0.2, 0) is 6.54 Å². The van der Waals surface area contributed by atoms with E-state index in [9.17, 15) is 13.6 Å². The molecule has 66 valence electrons. The van der Waals surface area contributed by atoms with Crippen LogP contribution >= 0.6 is 0 Å². The maximum Gasteiger partial charge on any atom is 0.256 e. The zero-order chi connectivity index (χ0) is 9.14. The summed E-state index contributed by atoms with van der Waals surface area (Å²) in [7, 11) is 0. The van der Waals surface area contributed by atoms with E-state index in [1.807, 2.05) is 0 Å². The Morgan fingerprint density at radius 3 is 2.75 bits per heavy atom. The number of rotatable bonds is 2. The smallest absolute Gasteiger partial charge is 0.256 e. The van der Waals surface area contributed by atoms with E-state index in [-0.39, 0.29) is 0 Å². The van der Waals surface area contributed by atoms with Crippen LogP contribution in [0.2, 0.25) is 0 Å². The van der Waals surface area contributed by atoms with Gasteiger partial charge in [0.1, 0.15) is 0 Å². The lowest BCUT2D eigenvalue weighted by molar-refractivity contribution is 0.126. The van der Waals surface area contributed by atoms with Gasteiger partial charge in [-0.1, -0.05) is 0 Å². The molecule has 1 heterocycles. The molecule has 0 radical (unpaired) electrons. The summed E-state index contributed by atoms with van der Waals surface area (Å²) in [6, 6.07) is 1.04. The maximum atomic E-state index is 11.8. The number of halogens is 2. The Kier molecular flexibility index (Phi) is 2.42. The van der Waals surface area contributed by atoms with E-state index in [4.69, 9.17) is 5.11 Å². The van der Waals surface area contributed by atoms with Crippen LogP contribution in [-0.4, -0.2) is 16.1 Å². The summed E-state index contributed by atoms with van der Waals surface area (Å²) in [6.45, 7) is -0.520. The fraction of sp³-hybridized carbons (Fsp3) is 0.286. The number of hydrogen-bond acceptors (Lipinski definition) is 2. The van der Waals surface area contributed by atoms with Gasteiger partial charge in [-0.3, -0.25) is 4.79 Å². The Labute approximate surface area is 66.9 Å². The van der Waals surface area contributed by atoms with Gasteiger partial charge >= 0.3 is 0 Å². The first kappa shape index (κ1) is 8.70. The molecule has 3 nitrogen and oxygen atoms in total. The topological polar surface area (TPSA) is 42.2 Å². The first-order valence-corrected chi connectivity index (χ1v) is 3.27. The number of aromatic hydroxyl groups is 1. The summed E-state index contributed by atoms with van der Waals surface area (Å²) in [5.74, 6) is -0.516. The molecule has 0 atom stereocenters. The van der Waals surface area contributed by atoms with Gasteiger partial charge in [0.05, 0.1) is 6.54 Å². The third-order valence-electron chi connectivity index (χ3n) is 1.31. The van der Waals surface area contributed by atoms with E-state index in [2.05, 4.69) is 0 Å². The molecule has 0 saturated carbocycles. The standard InChI is InChI=1S/C7H7F2NO2/c8-7(9)4-10-2-1-5(11)6(12)3-10/h1-3,7,12H,4H2. The van der Waals surface area contributed by atoms with Crippen LogP contribution in [0.15, 0.2) is 23.3 Å². The summed E-state index contributed by atoms with van der Waals surface area (Å²) in [5, 5.41) is 8.83. The van der Waals surface area contributed by atoms with Gasteiger partial charge in [-0.25, -0.2) is 8.78 Å². The minimum Gasteiger partial charge on any atom is -0.503 e. The highest BCUT2D eigenvalue weighted by atomic mass is 19.3. The van der Waals surface area contributed by atoms with Crippen LogP contribution in [0.4, 0.5) is 8.78 Å². The van der Waals surface area contributed by atoms with Gasteiger partial charge in [-0.05, 0) is 0 Å². The van der Waals surface area contributed by atoms with Gasteiger partial charge in [-0.15, -0.1) is 0 Å². The van der Waals surface area contributed by atoms with Crippen molar-refractivity contribution in [2.45, 2.75) is 13.0 Å². The second-order valence-corrected chi connectivity index (χ2v) is 2.28.